The van der Waals surface area contributed by atoms with Gasteiger partial charge in [-0.25, -0.2) is 4.79 Å². The molecular formula is C19H23ClN2O5. The molecule has 27 heavy (non-hydrogen) atoms. The molecular weight excluding hydrogens is 372 g/mol. The Balaban J connectivity index is 2.32. The standard InChI is InChI=1S/C19H23ClN2O5/c1-5-13-15(19(24)26-4)11(2)16(21-13)18(23)22-14-8-6-7-12(20)17(14)27-10-9-25-3/h6-8,21H,5,9-10H2,1-4H3,(H,22,23). The molecule has 1 heterocycles. The average Bonchev–Trinajstić information content (AvgIpc) is 3.00. The van der Waals surface area contributed by atoms with E-state index < -0.39 is 11.9 Å². The van der Waals surface area contributed by atoms with Crippen LogP contribution in [0, 0.1) is 6.92 Å². The lowest BCUT2D eigenvalue weighted by atomic mass is 10.1. The second kappa shape index (κ2) is 9.43. The van der Waals surface area contributed by atoms with Crippen LogP contribution < -0.4 is 10.1 Å². The van der Waals surface area contributed by atoms with Crippen LogP contribution in [0.3, 0.4) is 0 Å². The number of anilines is 1. The highest BCUT2D eigenvalue weighted by Crippen LogP contribution is 2.33. The molecule has 0 fully saturated rings. The molecule has 0 bridgehead atoms. The SMILES string of the molecule is CCc1[nH]c(C(=O)Nc2cccc(Cl)c2OCCOC)c(C)c1C(=O)OC. The van der Waals surface area contributed by atoms with Gasteiger partial charge >= 0.3 is 5.97 Å². The van der Waals surface area contributed by atoms with Crippen LogP contribution in [0.25, 0.3) is 0 Å². The van der Waals surface area contributed by atoms with E-state index in [1.54, 1.807) is 32.2 Å². The van der Waals surface area contributed by atoms with E-state index in [0.29, 0.717) is 46.3 Å². The lowest BCUT2D eigenvalue weighted by Crippen LogP contribution is -2.15. The molecule has 0 aliphatic rings. The number of halogens is 1. The minimum atomic E-state index is -0.481. The Kier molecular flexibility index (Phi) is 7.27. The smallest absolute Gasteiger partial charge is 0.339 e. The zero-order chi connectivity index (χ0) is 20.0. The molecule has 0 radical (unpaired) electrons. The van der Waals surface area contributed by atoms with Crippen molar-refractivity contribution in [2.24, 2.45) is 0 Å². The van der Waals surface area contributed by atoms with Crippen LogP contribution >= 0.6 is 11.6 Å². The van der Waals surface area contributed by atoms with E-state index in [9.17, 15) is 9.59 Å². The van der Waals surface area contributed by atoms with Crippen LogP contribution in [0.5, 0.6) is 5.75 Å². The Bertz CT molecular complexity index is 832. The van der Waals surface area contributed by atoms with Crippen LogP contribution in [-0.4, -0.2) is 44.3 Å². The van der Waals surface area contributed by atoms with Crippen molar-refractivity contribution >= 4 is 29.2 Å². The third-order valence-corrected chi connectivity index (χ3v) is 4.34. The van der Waals surface area contributed by atoms with Gasteiger partial charge in [0.15, 0.2) is 5.75 Å². The summed E-state index contributed by atoms with van der Waals surface area (Å²) >= 11 is 6.20. The first-order valence-electron chi connectivity index (χ1n) is 8.45. The fourth-order valence-electron chi connectivity index (χ4n) is 2.69. The van der Waals surface area contributed by atoms with Crippen LogP contribution in [0.4, 0.5) is 5.69 Å². The number of para-hydroxylation sites is 1. The molecule has 0 unspecified atom stereocenters. The number of aromatic amines is 1. The third kappa shape index (κ3) is 4.61. The number of rotatable bonds is 8. The number of hydrogen-bond acceptors (Lipinski definition) is 5. The number of nitrogens with one attached hydrogen (secondary N) is 2. The monoisotopic (exact) mass is 394 g/mol. The molecule has 1 amide bonds. The van der Waals surface area contributed by atoms with E-state index in [2.05, 4.69) is 10.3 Å². The number of hydrogen-bond donors (Lipinski definition) is 2. The summed E-state index contributed by atoms with van der Waals surface area (Å²) in [5.41, 5.74) is 2.27. The van der Waals surface area contributed by atoms with Gasteiger partial charge < -0.3 is 24.5 Å². The van der Waals surface area contributed by atoms with Crippen LogP contribution in [-0.2, 0) is 15.9 Å². The number of H-pyrrole nitrogens is 1. The van der Waals surface area contributed by atoms with E-state index in [0.717, 1.165) is 0 Å². The zero-order valence-electron chi connectivity index (χ0n) is 15.8. The van der Waals surface area contributed by atoms with Gasteiger partial charge in [0.2, 0.25) is 0 Å². The molecule has 1 aromatic carbocycles. The van der Waals surface area contributed by atoms with Crippen molar-refractivity contribution < 1.29 is 23.8 Å². The highest BCUT2D eigenvalue weighted by molar-refractivity contribution is 6.32. The van der Waals surface area contributed by atoms with Gasteiger partial charge in [-0.1, -0.05) is 24.6 Å². The number of carbonyl (C=O) groups excluding carboxylic acids is 2. The van der Waals surface area contributed by atoms with Gasteiger partial charge in [-0.15, -0.1) is 0 Å². The number of methoxy groups -OCH3 is 2. The maximum Gasteiger partial charge on any atom is 0.339 e. The molecule has 0 aliphatic heterocycles. The Morgan fingerprint density at radius 3 is 2.59 bits per heavy atom. The van der Waals surface area contributed by atoms with Crippen molar-refractivity contribution in [3.05, 3.63) is 45.7 Å². The molecule has 2 rings (SSSR count). The van der Waals surface area contributed by atoms with Crippen molar-refractivity contribution in [1.29, 1.82) is 0 Å². The first-order valence-corrected chi connectivity index (χ1v) is 8.83. The summed E-state index contributed by atoms with van der Waals surface area (Å²) in [5.74, 6) is -0.528. The maximum atomic E-state index is 12.8. The molecule has 1 aromatic heterocycles. The second-order valence-corrected chi connectivity index (χ2v) is 6.14. The lowest BCUT2D eigenvalue weighted by Gasteiger charge is -2.13. The van der Waals surface area contributed by atoms with Crippen LogP contribution in [0.15, 0.2) is 18.2 Å². The lowest BCUT2D eigenvalue weighted by molar-refractivity contribution is 0.0599. The predicted octanol–water partition coefficient (Wildman–Crippen LogP) is 3.60. The molecule has 0 saturated carbocycles. The topological polar surface area (TPSA) is 89.7 Å². The van der Waals surface area contributed by atoms with E-state index in [1.807, 2.05) is 6.92 Å². The quantitative estimate of drug-likeness (QED) is 0.527. The highest BCUT2D eigenvalue weighted by Gasteiger charge is 2.24. The minimum absolute atomic E-state index is 0.287. The van der Waals surface area contributed by atoms with E-state index in [4.69, 9.17) is 25.8 Å². The normalized spacial score (nSPS) is 10.6. The molecule has 8 heteroatoms. The molecule has 0 atom stereocenters. The number of aromatic nitrogens is 1. The summed E-state index contributed by atoms with van der Waals surface area (Å²) in [6.45, 7) is 4.26. The number of amides is 1. The van der Waals surface area contributed by atoms with E-state index >= 15 is 0 Å². The third-order valence-electron chi connectivity index (χ3n) is 4.05. The number of ether oxygens (including phenoxy) is 3. The molecule has 7 nitrogen and oxygen atoms in total. The second-order valence-electron chi connectivity index (χ2n) is 5.74. The Morgan fingerprint density at radius 1 is 1.22 bits per heavy atom. The van der Waals surface area contributed by atoms with Crippen LogP contribution in [0.1, 0.15) is 39.0 Å². The summed E-state index contributed by atoms with van der Waals surface area (Å²) in [6, 6.07) is 5.07. The fraction of sp³-hybridized carbons (Fsp3) is 0.368. The van der Waals surface area contributed by atoms with Gasteiger partial charge in [0.1, 0.15) is 12.3 Å². The summed E-state index contributed by atoms with van der Waals surface area (Å²) in [5, 5.41) is 3.16. The highest BCUT2D eigenvalue weighted by atomic mass is 35.5. The Hall–Kier alpha value is -2.51. The largest absolute Gasteiger partial charge is 0.487 e. The molecule has 0 saturated heterocycles. The van der Waals surface area contributed by atoms with Crippen molar-refractivity contribution in [1.82, 2.24) is 4.98 Å². The molecule has 2 aromatic rings. The van der Waals surface area contributed by atoms with E-state index in [1.165, 1.54) is 7.11 Å². The summed E-state index contributed by atoms with van der Waals surface area (Å²) < 4.78 is 15.4. The van der Waals surface area contributed by atoms with Crippen molar-refractivity contribution in [3.8, 4) is 5.75 Å². The summed E-state index contributed by atoms with van der Waals surface area (Å²) in [4.78, 5) is 27.8. The van der Waals surface area contributed by atoms with Crippen molar-refractivity contribution in [2.75, 3.05) is 32.8 Å². The number of benzene rings is 1. The fourth-order valence-corrected chi connectivity index (χ4v) is 2.92. The Labute approximate surface area is 162 Å². The van der Waals surface area contributed by atoms with Crippen molar-refractivity contribution in [2.45, 2.75) is 20.3 Å². The van der Waals surface area contributed by atoms with E-state index in [-0.39, 0.29) is 12.3 Å². The zero-order valence-corrected chi connectivity index (χ0v) is 16.5. The van der Waals surface area contributed by atoms with Gasteiger partial charge in [0.05, 0.1) is 30.0 Å². The first-order chi connectivity index (χ1) is 12.9. The van der Waals surface area contributed by atoms with Gasteiger partial charge in [-0.3, -0.25) is 4.79 Å². The number of carbonyl (C=O) groups is 2. The maximum absolute atomic E-state index is 12.8. The first kappa shape index (κ1) is 20.8. The molecule has 0 aliphatic carbocycles. The van der Waals surface area contributed by atoms with Crippen LogP contribution in [0.2, 0.25) is 5.02 Å². The number of aryl methyl sites for hydroxylation is 1. The number of esters is 1. The summed E-state index contributed by atoms with van der Waals surface area (Å²) in [6.07, 6.45) is 0.557. The van der Waals surface area contributed by atoms with Gasteiger partial charge in [-0.05, 0) is 31.0 Å². The summed E-state index contributed by atoms with van der Waals surface area (Å²) in [7, 11) is 2.88. The predicted molar refractivity (Wildman–Crippen MR) is 103 cm³/mol. The molecule has 0 spiro atoms. The molecule has 146 valence electrons. The van der Waals surface area contributed by atoms with Gasteiger partial charge in [0, 0.05) is 12.8 Å². The minimum Gasteiger partial charge on any atom is -0.487 e. The average molecular weight is 395 g/mol. The Morgan fingerprint density at radius 2 is 1.96 bits per heavy atom. The van der Waals surface area contributed by atoms with Crippen molar-refractivity contribution in [3.63, 3.8) is 0 Å². The van der Waals surface area contributed by atoms with Gasteiger partial charge in [0.25, 0.3) is 5.91 Å². The molecule has 2 N–H and O–H groups in total. The van der Waals surface area contributed by atoms with Gasteiger partial charge in [-0.2, -0.15) is 0 Å².